The zero-order valence-electron chi connectivity index (χ0n) is 11.8. The maximum absolute atomic E-state index is 4.60. The fourth-order valence-electron chi connectivity index (χ4n) is 3.75. The van der Waals surface area contributed by atoms with Crippen LogP contribution in [0.5, 0.6) is 0 Å². The van der Waals surface area contributed by atoms with E-state index < -0.39 is 0 Å². The molecule has 1 spiro atoms. The first-order valence-corrected chi connectivity index (χ1v) is 10.3. The molecule has 3 heterocycles. The molecule has 20 heavy (non-hydrogen) atoms. The first-order chi connectivity index (χ1) is 9.78. The van der Waals surface area contributed by atoms with E-state index in [-0.39, 0.29) is 0 Å². The van der Waals surface area contributed by atoms with Crippen LogP contribution in [0.3, 0.4) is 0 Å². The molecule has 1 aromatic heterocycles. The van der Waals surface area contributed by atoms with Gasteiger partial charge in [-0.2, -0.15) is 0 Å². The summed E-state index contributed by atoms with van der Waals surface area (Å²) in [5.74, 6) is 0. The van der Waals surface area contributed by atoms with Crippen molar-refractivity contribution in [3.63, 3.8) is 0 Å². The van der Waals surface area contributed by atoms with Crippen molar-refractivity contribution in [1.29, 1.82) is 0 Å². The van der Waals surface area contributed by atoms with Crippen molar-refractivity contribution in [1.82, 2.24) is 15.2 Å². The molecular formula is C16H20N3Pb. The van der Waals surface area contributed by atoms with Crippen LogP contribution in [0.2, 0.25) is 0 Å². The van der Waals surface area contributed by atoms with E-state index in [0.717, 1.165) is 13.0 Å². The molecule has 1 N–H and O–H groups in total. The van der Waals surface area contributed by atoms with E-state index >= 15 is 0 Å². The van der Waals surface area contributed by atoms with E-state index in [2.05, 4.69) is 27.3 Å². The van der Waals surface area contributed by atoms with Gasteiger partial charge in [0.15, 0.2) is 0 Å². The van der Waals surface area contributed by atoms with Gasteiger partial charge in [0.2, 0.25) is 0 Å². The van der Waals surface area contributed by atoms with Gasteiger partial charge in [-0.3, -0.25) is 0 Å². The van der Waals surface area contributed by atoms with Crippen LogP contribution < -0.4 is 5.32 Å². The van der Waals surface area contributed by atoms with Crippen molar-refractivity contribution < 1.29 is 0 Å². The maximum atomic E-state index is 4.60. The van der Waals surface area contributed by atoms with Gasteiger partial charge >= 0.3 is 137 Å². The third-order valence-electron chi connectivity index (χ3n) is 5.02. The molecule has 0 amide bonds. The normalized spacial score (nSPS) is 23.9. The minimum atomic E-state index is 0.639. The van der Waals surface area contributed by atoms with Gasteiger partial charge < -0.3 is 0 Å². The molecule has 2 aliphatic heterocycles. The van der Waals surface area contributed by atoms with Crippen molar-refractivity contribution in [3.05, 3.63) is 34.7 Å². The number of aromatic nitrogens is 1. The molecule has 3 nitrogen and oxygen atoms in total. The topological polar surface area (TPSA) is 28.2 Å². The molecule has 3 radical (unpaired) electrons. The van der Waals surface area contributed by atoms with E-state index in [4.69, 9.17) is 0 Å². The van der Waals surface area contributed by atoms with E-state index in [1.807, 2.05) is 6.20 Å². The Kier molecular flexibility index (Phi) is 3.47. The predicted molar refractivity (Wildman–Crippen MR) is 81.5 cm³/mol. The Morgan fingerprint density at radius 1 is 1.40 bits per heavy atom. The first kappa shape index (κ1) is 13.4. The molecule has 0 unspecified atom stereocenters. The van der Waals surface area contributed by atoms with E-state index in [1.54, 1.807) is 5.57 Å². The molecule has 103 valence electrons. The van der Waals surface area contributed by atoms with Crippen LogP contribution in [0.1, 0.15) is 29.7 Å². The summed E-state index contributed by atoms with van der Waals surface area (Å²) in [4.78, 5) is 7.18. The van der Waals surface area contributed by atoms with Gasteiger partial charge in [-0.25, -0.2) is 0 Å². The van der Waals surface area contributed by atoms with E-state index in [1.165, 1.54) is 79.2 Å². The van der Waals surface area contributed by atoms with Crippen LogP contribution in [-0.2, 0) is 13.0 Å². The first-order valence-electron chi connectivity index (χ1n) is 7.52. The zero-order valence-corrected chi connectivity index (χ0v) is 15.7. The zero-order chi connectivity index (χ0) is 13.6. The number of hydrogen-bond donors (Lipinski definition) is 1. The molecular weight excluding hydrogens is 441 g/mol. The Balaban J connectivity index is 1.58. The average Bonchev–Trinajstić information content (AvgIpc) is 2.39. The molecule has 1 saturated heterocycles. The molecule has 2 fully saturated rings. The molecule has 3 aliphatic rings. The number of hydrogen-bond acceptors (Lipinski definition) is 3. The Morgan fingerprint density at radius 3 is 2.95 bits per heavy atom. The second-order valence-electron chi connectivity index (χ2n) is 6.55. The third-order valence-corrected chi connectivity index (χ3v) is 6.75. The average molecular weight is 462 g/mol. The van der Waals surface area contributed by atoms with Gasteiger partial charge in [-0.05, 0) is 0 Å². The monoisotopic (exact) mass is 462 g/mol. The SMILES string of the molecule is [Pb][CH2]N1CCc2nccc(C=C3CC4(CNC4)C3)c2C1. The summed E-state index contributed by atoms with van der Waals surface area (Å²) >= 11 is 1.26. The summed E-state index contributed by atoms with van der Waals surface area (Å²) in [6, 6.07) is 2.21. The molecule has 0 aromatic carbocycles. The molecule has 4 rings (SSSR count). The van der Waals surface area contributed by atoms with Crippen molar-refractivity contribution in [3.8, 4) is 0 Å². The molecule has 1 aliphatic carbocycles. The quantitative estimate of drug-likeness (QED) is 0.674. The van der Waals surface area contributed by atoms with Crippen LogP contribution in [0.25, 0.3) is 6.08 Å². The second-order valence-corrected chi connectivity index (χ2v) is 7.78. The number of allylic oxidation sites excluding steroid dienone is 1. The van der Waals surface area contributed by atoms with Crippen LogP contribution in [0.4, 0.5) is 0 Å². The van der Waals surface area contributed by atoms with E-state index in [0.29, 0.717) is 5.41 Å². The summed E-state index contributed by atoms with van der Waals surface area (Å²) in [6.07, 6.45) is 8.20. The summed E-state index contributed by atoms with van der Waals surface area (Å²) in [5, 5.41) is 3.41. The van der Waals surface area contributed by atoms with Crippen molar-refractivity contribution >= 4 is 31.8 Å². The van der Waals surface area contributed by atoms with Gasteiger partial charge in [-0.1, -0.05) is 0 Å². The second kappa shape index (κ2) is 5.18. The third kappa shape index (κ3) is 2.27. The van der Waals surface area contributed by atoms with E-state index in [9.17, 15) is 0 Å². The van der Waals surface area contributed by atoms with Gasteiger partial charge in [0.05, 0.1) is 0 Å². The molecule has 1 saturated carbocycles. The van der Waals surface area contributed by atoms with Gasteiger partial charge in [-0.15, -0.1) is 0 Å². The van der Waals surface area contributed by atoms with Gasteiger partial charge in [0.1, 0.15) is 0 Å². The molecule has 1 aromatic rings. The van der Waals surface area contributed by atoms with Gasteiger partial charge in [0.25, 0.3) is 0 Å². The van der Waals surface area contributed by atoms with Crippen LogP contribution >= 0.6 is 0 Å². The molecule has 0 bridgehead atoms. The van der Waals surface area contributed by atoms with Crippen LogP contribution in [-0.4, -0.2) is 59.4 Å². The summed E-state index contributed by atoms with van der Waals surface area (Å²) in [7, 11) is 0. The number of nitrogens with one attached hydrogen (secondary N) is 1. The standard InChI is InChI=1S/C16H20N3.Pb/c1-19-5-3-15-14(9-19)13(2-4-18-15)6-12-7-16(8-12)10-17-11-16;/h2,4,6,17H,1,3,5,7-11H2;. The number of pyridine rings is 1. The Labute approximate surface area is 136 Å². The van der Waals surface area contributed by atoms with Crippen molar-refractivity contribution in [2.24, 2.45) is 5.41 Å². The summed E-state index contributed by atoms with van der Waals surface area (Å²) in [6.45, 7) is 4.76. The van der Waals surface area contributed by atoms with Crippen LogP contribution in [0.15, 0.2) is 17.8 Å². The predicted octanol–water partition coefficient (Wildman–Crippen LogP) is 1.33. The Hall–Kier alpha value is -0.268. The number of nitrogens with zero attached hydrogens (tertiary/aromatic N) is 2. The minimum absolute atomic E-state index is 0.639. The number of rotatable bonds is 2. The van der Waals surface area contributed by atoms with Crippen molar-refractivity contribution in [2.45, 2.75) is 25.8 Å². The van der Waals surface area contributed by atoms with Crippen LogP contribution in [0, 0.1) is 5.41 Å². The molecule has 4 heteroatoms. The fourth-order valence-corrected chi connectivity index (χ4v) is 4.80. The Bertz CT molecular complexity index is 553. The number of fused-ring (bicyclic) bond motifs is 1. The van der Waals surface area contributed by atoms with Crippen molar-refractivity contribution in [2.75, 3.05) is 23.7 Å². The summed E-state index contributed by atoms with van der Waals surface area (Å²) < 4.78 is 1.28. The summed E-state index contributed by atoms with van der Waals surface area (Å²) in [5.41, 5.74) is 6.55. The molecule has 0 atom stereocenters. The fraction of sp³-hybridized carbons (Fsp3) is 0.562. The Morgan fingerprint density at radius 2 is 2.25 bits per heavy atom. The van der Waals surface area contributed by atoms with Gasteiger partial charge in [0, 0.05) is 0 Å².